The van der Waals surface area contributed by atoms with Crippen molar-refractivity contribution in [2.45, 2.75) is 45.1 Å². The highest BCUT2D eigenvalue weighted by Gasteiger charge is 2.22. The summed E-state index contributed by atoms with van der Waals surface area (Å²) in [5.74, 6) is 0.156. The molecule has 98 valence electrons. The predicted molar refractivity (Wildman–Crippen MR) is 66.6 cm³/mol. The molecular formula is C12H23N3O2. The minimum absolute atomic E-state index is 0.0496. The van der Waals surface area contributed by atoms with Crippen LogP contribution in [0.5, 0.6) is 0 Å². The van der Waals surface area contributed by atoms with Gasteiger partial charge in [-0.3, -0.25) is 9.59 Å². The maximum absolute atomic E-state index is 11.3. The molecule has 0 spiro atoms. The number of carbonyl (C=O) groups is 2. The highest BCUT2D eigenvalue weighted by atomic mass is 16.2. The Morgan fingerprint density at radius 3 is 2.53 bits per heavy atom. The number of carbonyl (C=O) groups excluding carboxylic acids is 2. The maximum atomic E-state index is 11.3. The third-order valence-electron chi connectivity index (χ3n) is 2.62. The lowest BCUT2D eigenvalue weighted by molar-refractivity contribution is -0.123. The Labute approximate surface area is 103 Å². The van der Waals surface area contributed by atoms with Crippen molar-refractivity contribution in [2.75, 3.05) is 19.6 Å². The molecule has 3 N–H and O–H groups in total. The second kappa shape index (κ2) is 8.06. The van der Waals surface area contributed by atoms with E-state index in [1.165, 1.54) is 0 Å². The predicted octanol–water partition coefficient (Wildman–Crippen LogP) is 0.161. The van der Waals surface area contributed by atoms with Crippen molar-refractivity contribution in [3.8, 4) is 0 Å². The minimum atomic E-state index is 0.0496. The van der Waals surface area contributed by atoms with Crippen LogP contribution in [0, 0.1) is 0 Å². The van der Waals surface area contributed by atoms with E-state index in [0.717, 1.165) is 19.4 Å². The van der Waals surface area contributed by atoms with Crippen molar-refractivity contribution in [2.24, 2.45) is 0 Å². The van der Waals surface area contributed by atoms with Gasteiger partial charge in [0, 0.05) is 32.0 Å². The van der Waals surface area contributed by atoms with Gasteiger partial charge in [0.15, 0.2) is 0 Å². The zero-order valence-electron chi connectivity index (χ0n) is 10.6. The van der Waals surface area contributed by atoms with E-state index < -0.39 is 0 Å². The summed E-state index contributed by atoms with van der Waals surface area (Å²) in [5.41, 5.74) is 0. The van der Waals surface area contributed by atoms with Crippen LogP contribution in [0.25, 0.3) is 0 Å². The van der Waals surface area contributed by atoms with E-state index in [-0.39, 0.29) is 11.8 Å². The molecule has 17 heavy (non-hydrogen) atoms. The van der Waals surface area contributed by atoms with Crippen molar-refractivity contribution in [3.63, 3.8) is 0 Å². The summed E-state index contributed by atoms with van der Waals surface area (Å²) in [5, 5.41) is 8.82. The van der Waals surface area contributed by atoms with E-state index in [4.69, 9.17) is 0 Å². The average molecular weight is 241 g/mol. The molecule has 1 aliphatic carbocycles. The van der Waals surface area contributed by atoms with Gasteiger partial charge in [0.25, 0.3) is 0 Å². The summed E-state index contributed by atoms with van der Waals surface area (Å²) in [6.07, 6.45) is 3.96. The topological polar surface area (TPSA) is 70.2 Å². The summed E-state index contributed by atoms with van der Waals surface area (Å²) in [6, 6.07) is 0.428. The van der Waals surface area contributed by atoms with Crippen LogP contribution in [0.3, 0.4) is 0 Å². The SMILES string of the molecule is CCNCCC(=O)NCCCC(=O)NC1CC1. The van der Waals surface area contributed by atoms with Gasteiger partial charge in [-0.2, -0.15) is 0 Å². The van der Waals surface area contributed by atoms with Crippen molar-refractivity contribution in [3.05, 3.63) is 0 Å². The van der Waals surface area contributed by atoms with Crippen molar-refractivity contribution in [1.82, 2.24) is 16.0 Å². The monoisotopic (exact) mass is 241 g/mol. The molecule has 0 aromatic carbocycles. The van der Waals surface area contributed by atoms with Crippen molar-refractivity contribution < 1.29 is 9.59 Å². The molecule has 0 unspecified atom stereocenters. The molecule has 1 aliphatic rings. The molecule has 0 saturated heterocycles. The van der Waals surface area contributed by atoms with Gasteiger partial charge in [-0.15, -0.1) is 0 Å². The van der Waals surface area contributed by atoms with Gasteiger partial charge in [-0.05, 0) is 25.8 Å². The van der Waals surface area contributed by atoms with E-state index >= 15 is 0 Å². The fourth-order valence-electron chi connectivity index (χ4n) is 1.47. The summed E-state index contributed by atoms with van der Waals surface area (Å²) < 4.78 is 0. The van der Waals surface area contributed by atoms with E-state index in [0.29, 0.717) is 38.4 Å². The largest absolute Gasteiger partial charge is 0.356 e. The van der Waals surface area contributed by atoms with Crippen LogP contribution in [0.1, 0.15) is 39.0 Å². The number of rotatable bonds is 9. The van der Waals surface area contributed by atoms with Crippen LogP contribution in [0.4, 0.5) is 0 Å². The highest BCUT2D eigenvalue weighted by molar-refractivity contribution is 5.77. The third kappa shape index (κ3) is 7.74. The van der Waals surface area contributed by atoms with Gasteiger partial charge in [0.2, 0.25) is 11.8 Å². The molecule has 5 nitrogen and oxygen atoms in total. The van der Waals surface area contributed by atoms with Crippen LogP contribution >= 0.6 is 0 Å². The number of hydrogen-bond donors (Lipinski definition) is 3. The Morgan fingerprint density at radius 1 is 1.12 bits per heavy atom. The summed E-state index contributed by atoms with van der Waals surface area (Å²) in [4.78, 5) is 22.6. The lowest BCUT2D eigenvalue weighted by Crippen LogP contribution is -2.30. The summed E-state index contributed by atoms with van der Waals surface area (Å²) in [7, 11) is 0. The minimum Gasteiger partial charge on any atom is -0.356 e. The molecule has 1 fully saturated rings. The Bertz CT molecular complexity index is 252. The second-order valence-corrected chi connectivity index (χ2v) is 4.40. The van der Waals surface area contributed by atoms with Gasteiger partial charge >= 0.3 is 0 Å². The molecule has 5 heteroatoms. The fraction of sp³-hybridized carbons (Fsp3) is 0.833. The molecule has 0 radical (unpaired) electrons. The van der Waals surface area contributed by atoms with Crippen molar-refractivity contribution >= 4 is 11.8 Å². The number of hydrogen-bond acceptors (Lipinski definition) is 3. The Hall–Kier alpha value is -1.10. The lowest BCUT2D eigenvalue weighted by atomic mass is 10.3. The second-order valence-electron chi connectivity index (χ2n) is 4.40. The van der Waals surface area contributed by atoms with Gasteiger partial charge in [-0.1, -0.05) is 6.92 Å². The Morgan fingerprint density at radius 2 is 1.88 bits per heavy atom. The summed E-state index contributed by atoms with van der Waals surface area (Å²) in [6.45, 7) is 4.19. The molecule has 0 bridgehead atoms. The molecule has 0 aromatic heterocycles. The normalized spacial score (nSPS) is 14.4. The standard InChI is InChI=1S/C12H23N3O2/c1-2-13-9-7-11(16)14-8-3-4-12(17)15-10-5-6-10/h10,13H,2-9H2,1H3,(H,14,16)(H,15,17). The highest BCUT2D eigenvalue weighted by Crippen LogP contribution is 2.18. The fourth-order valence-corrected chi connectivity index (χ4v) is 1.47. The first-order valence-electron chi connectivity index (χ1n) is 6.49. The first kappa shape index (κ1) is 14.0. The van der Waals surface area contributed by atoms with Crippen LogP contribution in [0.15, 0.2) is 0 Å². The van der Waals surface area contributed by atoms with Gasteiger partial charge < -0.3 is 16.0 Å². The molecular weight excluding hydrogens is 218 g/mol. The first-order chi connectivity index (χ1) is 8.22. The lowest BCUT2D eigenvalue weighted by Gasteiger charge is -2.06. The van der Waals surface area contributed by atoms with E-state index in [1.54, 1.807) is 0 Å². The van der Waals surface area contributed by atoms with Gasteiger partial charge in [0.05, 0.1) is 0 Å². The zero-order chi connectivity index (χ0) is 12.5. The smallest absolute Gasteiger partial charge is 0.221 e. The third-order valence-corrected chi connectivity index (χ3v) is 2.62. The molecule has 1 rings (SSSR count). The van der Waals surface area contributed by atoms with E-state index in [1.807, 2.05) is 6.92 Å². The van der Waals surface area contributed by atoms with Gasteiger partial charge in [-0.25, -0.2) is 0 Å². The molecule has 0 atom stereocenters. The molecule has 0 heterocycles. The first-order valence-corrected chi connectivity index (χ1v) is 6.49. The van der Waals surface area contributed by atoms with Crippen LogP contribution < -0.4 is 16.0 Å². The quantitative estimate of drug-likeness (QED) is 0.504. The molecule has 1 saturated carbocycles. The Kier molecular flexibility index (Phi) is 6.62. The number of amides is 2. The number of nitrogens with one attached hydrogen (secondary N) is 3. The average Bonchev–Trinajstić information content (AvgIpc) is 3.09. The van der Waals surface area contributed by atoms with Crippen LogP contribution in [0.2, 0.25) is 0 Å². The van der Waals surface area contributed by atoms with E-state index in [2.05, 4.69) is 16.0 Å². The maximum Gasteiger partial charge on any atom is 0.221 e. The van der Waals surface area contributed by atoms with Crippen LogP contribution in [-0.2, 0) is 9.59 Å². The van der Waals surface area contributed by atoms with Crippen molar-refractivity contribution in [1.29, 1.82) is 0 Å². The zero-order valence-corrected chi connectivity index (χ0v) is 10.6. The Balaban J connectivity index is 1.88. The molecule has 2 amide bonds. The molecule has 0 aliphatic heterocycles. The summed E-state index contributed by atoms with van der Waals surface area (Å²) >= 11 is 0. The van der Waals surface area contributed by atoms with Crippen LogP contribution in [-0.4, -0.2) is 37.5 Å². The molecule has 0 aromatic rings. The van der Waals surface area contributed by atoms with E-state index in [9.17, 15) is 9.59 Å². The van der Waals surface area contributed by atoms with Gasteiger partial charge in [0.1, 0.15) is 0 Å².